The van der Waals surface area contributed by atoms with E-state index in [2.05, 4.69) is 0 Å². The minimum absolute atomic E-state index is 0.325. The van der Waals surface area contributed by atoms with Crippen LogP contribution in [0.1, 0.15) is 5.56 Å². The van der Waals surface area contributed by atoms with Crippen molar-refractivity contribution in [3.05, 3.63) is 54.5 Å². The van der Waals surface area contributed by atoms with E-state index in [1.165, 1.54) is 6.07 Å². The second-order valence-corrected chi connectivity index (χ2v) is 9.08. The molecule has 2 aliphatic rings. The highest BCUT2D eigenvalue weighted by atomic mass is 32.3. The van der Waals surface area contributed by atoms with E-state index in [-0.39, 0.29) is 0 Å². The Kier molecular flexibility index (Phi) is 3.79. The zero-order chi connectivity index (χ0) is 16.9. The summed E-state index contributed by atoms with van der Waals surface area (Å²) in [5.41, 5.74) is -4.21. The average molecular weight is 365 g/mol. The predicted molar refractivity (Wildman–Crippen MR) is 80.6 cm³/mol. The fourth-order valence-electron chi connectivity index (χ4n) is 2.60. The van der Waals surface area contributed by atoms with Crippen molar-refractivity contribution in [3.8, 4) is 0 Å². The molecule has 1 aromatic rings. The second-order valence-electron chi connectivity index (χ2n) is 4.80. The van der Waals surface area contributed by atoms with Crippen molar-refractivity contribution in [1.29, 1.82) is 0 Å². The molecule has 1 aliphatic carbocycles. The number of hydrogen-bond donors (Lipinski definition) is 0. The summed E-state index contributed by atoms with van der Waals surface area (Å²) in [4.78, 5) is 0.325. The van der Waals surface area contributed by atoms with Gasteiger partial charge in [0.2, 0.25) is 0 Å². The van der Waals surface area contributed by atoms with Crippen molar-refractivity contribution >= 4 is 26.3 Å². The SMILES string of the molecule is COS1(OS(=O)(=O)C(F)(F)F)c2ccccc2C2=CC=C[CH+]C21. The van der Waals surface area contributed by atoms with Crippen molar-refractivity contribution in [3.63, 3.8) is 0 Å². The lowest BCUT2D eigenvalue weighted by molar-refractivity contribution is -0.0499. The molecule has 2 unspecified atom stereocenters. The number of rotatable bonds is 3. The smallest absolute Gasteiger partial charge is 0.279 e. The summed E-state index contributed by atoms with van der Waals surface area (Å²) < 4.78 is 71.6. The van der Waals surface area contributed by atoms with Gasteiger partial charge in [-0.2, -0.15) is 21.6 Å². The Morgan fingerprint density at radius 3 is 2.61 bits per heavy atom. The van der Waals surface area contributed by atoms with Gasteiger partial charge in [0.05, 0.1) is 30.6 Å². The first-order chi connectivity index (χ1) is 10.7. The fourth-order valence-corrected chi connectivity index (χ4v) is 7.08. The molecule has 4 nitrogen and oxygen atoms in total. The summed E-state index contributed by atoms with van der Waals surface area (Å²) in [6.07, 6.45) is 6.68. The van der Waals surface area contributed by atoms with Gasteiger partial charge in [-0.3, -0.25) is 4.18 Å². The Morgan fingerprint density at radius 2 is 1.96 bits per heavy atom. The minimum Gasteiger partial charge on any atom is -0.279 e. The largest absolute Gasteiger partial charge is 0.524 e. The third-order valence-corrected chi connectivity index (χ3v) is 8.18. The maximum Gasteiger partial charge on any atom is 0.524 e. The molecule has 9 heteroatoms. The van der Waals surface area contributed by atoms with Gasteiger partial charge in [-0.05, 0) is 6.07 Å². The van der Waals surface area contributed by atoms with E-state index < -0.39 is 31.5 Å². The zero-order valence-corrected chi connectivity index (χ0v) is 13.4. The first-order valence-corrected chi connectivity index (χ1v) is 9.40. The monoisotopic (exact) mass is 365 g/mol. The summed E-state index contributed by atoms with van der Waals surface area (Å²) in [5.74, 6) is 0. The Balaban J connectivity index is 2.19. The number of fused-ring (bicyclic) bond motifs is 3. The fraction of sp³-hybridized carbons (Fsp3) is 0.214. The third-order valence-electron chi connectivity index (χ3n) is 3.54. The van der Waals surface area contributed by atoms with Gasteiger partial charge in [0.1, 0.15) is 0 Å². The molecule has 0 amide bonds. The standard InChI is InChI=1S/C14H12F3O4S2/c1-20-22(21-23(18,19)14(15,16)17)12-8-4-2-6-10(12)11-7-3-5-9-13(11)22/h2-9,12H,1H3/q+1. The Morgan fingerprint density at radius 1 is 1.26 bits per heavy atom. The van der Waals surface area contributed by atoms with E-state index in [4.69, 9.17) is 7.81 Å². The molecule has 0 N–H and O–H groups in total. The molecule has 0 saturated carbocycles. The van der Waals surface area contributed by atoms with E-state index in [9.17, 15) is 21.6 Å². The third kappa shape index (κ3) is 2.38. The first kappa shape index (κ1) is 16.4. The maximum absolute atomic E-state index is 12.8. The van der Waals surface area contributed by atoms with Crippen LogP contribution < -0.4 is 0 Å². The highest BCUT2D eigenvalue weighted by molar-refractivity contribution is 8.30. The summed E-state index contributed by atoms with van der Waals surface area (Å²) in [5, 5.41) is -0.716. The van der Waals surface area contributed by atoms with Crippen LogP contribution in [0.5, 0.6) is 0 Å². The molecule has 3 rings (SSSR count). The van der Waals surface area contributed by atoms with Gasteiger partial charge in [-0.15, -0.1) is 14.2 Å². The van der Waals surface area contributed by atoms with Crippen LogP contribution in [-0.2, 0) is 17.9 Å². The van der Waals surface area contributed by atoms with Crippen molar-refractivity contribution in [2.45, 2.75) is 15.7 Å². The number of allylic oxidation sites excluding steroid dienone is 3. The topological polar surface area (TPSA) is 52.6 Å². The van der Waals surface area contributed by atoms with Crippen LogP contribution >= 0.6 is 10.6 Å². The summed E-state index contributed by atoms with van der Waals surface area (Å²) in [6.45, 7) is 0. The molecule has 1 aromatic carbocycles. The van der Waals surface area contributed by atoms with Crippen LogP contribution in [0.2, 0.25) is 0 Å². The van der Waals surface area contributed by atoms with Gasteiger partial charge < -0.3 is 0 Å². The molecule has 2 atom stereocenters. The van der Waals surface area contributed by atoms with Crippen LogP contribution in [0.4, 0.5) is 13.2 Å². The predicted octanol–water partition coefficient (Wildman–Crippen LogP) is 3.73. The van der Waals surface area contributed by atoms with E-state index in [1.54, 1.807) is 42.8 Å². The summed E-state index contributed by atoms with van der Waals surface area (Å²) in [7, 11) is -7.83. The highest BCUT2D eigenvalue weighted by Gasteiger charge is 2.57. The van der Waals surface area contributed by atoms with Crippen LogP contribution in [0.15, 0.2) is 47.4 Å². The van der Waals surface area contributed by atoms with Gasteiger partial charge in [0.15, 0.2) is 5.25 Å². The molecule has 0 aromatic heterocycles. The highest BCUT2D eigenvalue weighted by Crippen LogP contribution is 2.72. The van der Waals surface area contributed by atoms with Crippen LogP contribution in [0.25, 0.3) is 5.57 Å². The van der Waals surface area contributed by atoms with Crippen LogP contribution in [-0.4, -0.2) is 26.3 Å². The van der Waals surface area contributed by atoms with Crippen molar-refractivity contribution in [1.82, 2.24) is 0 Å². The van der Waals surface area contributed by atoms with Crippen molar-refractivity contribution in [2.75, 3.05) is 7.11 Å². The molecule has 124 valence electrons. The lowest BCUT2D eigenvalue weighted by Gasteiger charge is -2.40. The number of alkyl halides is 3. The lowest BCUT2D eigenvalue weighted by atomic mass is 9.98. The average Bonchev–Trinajstić information content (AvgIpc) is 2.78. The molecular weight excluding hydrogens is 353 g/mol. The molecular formula is C14H12F3O4S2+. The molecule has 0 fully saturated rings. The van der Waals surface area contributed by atoms with Crippen LogP contribution in [0, 0.1) is 6.42 Å². The number of hydrogen-bond acceptors (Lipinski definition) is 4. The van der Waals surface area contributed by atoms with Gasteiger partial charge in [-0.1, -0.05) is 18.2 Å². The van der Waals surface area contributed by atoms with Gasteiger partial charge in [-0.25, -0.2) is 0 Å². The van der Waals surface area contributed by atoms with Gasteiger partial charge in [0, 0.05) is 17.2 Å². The van der Waals surface area contributed by atoms with E-state index in [0.717, 1.165) is 7.11 Å². The van der Waals surface area contributed by atoms with Gasteiger partial charge in [0.25, 0.3) is 0 Å². The molecule has 0 spiro atoms. The number of benzene rings is 1. The first-order valence-electron chi connectivity index (χ1n) is 6.44. The Bertz CT molecular complexity index is 798. The molecule has 0 radical (unpaired) electrons. The molecule has 0 saturated heterocycles. The number of halogens is 3. The molecule has 1 aliphatic heterocycles. The van der Waals surface area contributed by atoms with Crippen molar-refractivity contribution in [2.24, 2.45) is 0 Å². The van der Waals surface area contributed by atoms with E-state index in [0.29, 0.717) is 16.0 Å². The quantitative estimate of drug-likeness (QED) is 0.605. The van der Waals surface area contributed by atoms with Crippen molar-refractivity contribution < 1.29 is 29.4 Å². The lowest BCUT2D eigenvalue weighted by Crippen LogP contribution is -2.30. The normalized spacial score (nSPS) is 29.0. The molecule has 0 bridgehead atoms. The molecule has 23 heavy (non-hydrogen) atoms. The van der Waals surface area contributed by atoms with E-state index >= 15 is 0 Å². The molecule has 1 heterocycles. The second kappa shape index (κ2) is 5.30. The Labute approximate surface area is 133 Å². The van der Waals surface area contributed by atoms with E-state index in [1.807, 2.05) is 0 Å². The summed E-state index contributed by atoms with van der Waals surface area (Å²) in [6, 6.07) is 6.57. The Hall–Kier alpha value is -1.42. The minimum atomic E-state index is -5.80. The van der Waals surface area contributed by atoms with Crippen LogP contribution in [0.3, 0.4) is 0 Å². The van der Waals surface area contributed by atoms with Gasteiger partial charge >= 0.3 is 15.6 Å². The maximum atomic E-state index is 12.8. The zero-order valence-electron chi connectivity index (χ0n) is 11.8. The summed E-state index contributed by atoms with van der Waals surface area (Å²) >= 11 is 0.